The van der Waals surface area contributed by atoms with Crippen LogP contribution in [-0.2, 0) is 16.0 Å². The number of carbonyl (C=O) groups excluding carboxylic acids is 1. The van der Waals surface area contributed by atoms with E-state index in [9.17, 15) is 4.79 Å². The van der Waals surface area contributed by atoms with E-state index in [4.69, 9.17) is 4.74 Å². The number of thiazole rings is 1. The topological polar surface area (TPSA) is 39.2 Å². The maximum atomic E-state index is 11.2. The fourth-order valence-electron chi connectivity index (χ4n) is 0.905. The first-order chi connectivity index (χ1) is 6.33. The van der Waals surface area contributed by atoms with Crippen molar-refractivity contribution in [2.24, 2.45) is 0 Å². The zero-order valence-corrected chi connectivity index (χ0v) is 8.47. The van der Waals surface area contributed by atoms with Gasteiger partial charge in [-0.1, -0.05) is 6.92 Å². The van der Waals surface area contributed by atoms with Crippen LogP contribution >= 0.6 is 11.3 Å². The molecule has 3 nitrogen and oxygen atoms in total. The van der Waals surface area contributed by atoms with Gasteiger partial charge in [0.05, 0.1) is 5.51 Å². The molecule has 0 amide bonds. The van der Waals surface area contributed by atoms with Crippen molar-refractivity contribution in [2.75, 3.05) is 13.2 Å². The summed E-state index contributed by atoms with van der Waals surface area (Å²) in [6.07, 6.45) is 3.13. The van der Waals surface area contributed by atoms with Gasteiger partial charge in [-0.15, -0.1) is 11.3 Å². The van der Waals surface area contributed by atoms with Gasteiger partial charge in [-0.25, -0.2) is 0 Å². The minimum absolute atomic E-state index is 0.123. The summed E-state index contributed by atoms with van der Waals surface area (Å²) in [5, 5.41) is 0. The molecule has 0 saturated carbocycles. The van der Waals surface area contributed by atoms with Crippen LogP contribution in [0.2, 0.25) is 0 Å². The molecule has 0 N–H and O–H groups in total. The van der Waals surface area contributed by atoms with Gasteiger partial charge in [-0.05, 0) is 6.42 Å². The van der Waals surface area contributed by atoms with E-state index in [1.165, 1.54) is 11.3 Å². The lowest BCUT2D eigenvalue weighted by atomic mass is 10.3. The molecule has 0 radical (unpaired) electrons. The van der Waals surface area contributed by atoms with Crippen LogP contribution < -0.4 is 0 Å². The summed E-state index contributed by atoms with van der Waals surface area (Å²) in [6.45, 7) is 2.91. The highest BCUT2D eigenvalue weighted by Gasteiger charge is 2.04. The SMILES string of the molecule is CCCOCC(=O)Cc1cncs1. The van der Waals surface area contributed by atoms with E-state index in [0.29, 0.717) is 13.0 Å². The van der Waals surface area contributed by atoms with Crippen LogP contribution in [0.15, 0.2) is 11.7 Å². The summed E-state index contributed by atoms with van der Waals surface area (Å²) in [4.78, 5) is 16.1. The molecule has 0 aliphatic heterocycles. The van der Waals surface area contributed by atoms with E-state index in [2.05, 4.69) is 4.98 Å². The van der Waals surface area contributed by atoms with E-state index in [0.717, 1.165) is 11.3 Å². The van der Waals surface area contributed by atoms with E-state index < -0.39 is 0 Å². The van der Waals surface area contributed by atoms with Gasteiger partial charge in [0.15, 0.2) is 5.78 Å². The van der Waals surface area contributed by atoms with Crippen molar-refractivity contribution in [3.63, 3.8) is 0 Å². The first-order valence-electron chi connectivity index (χ1n) is 4.29. The molecule has 13 heavy (non-hydrogen) atoms. The first kappa shape index (κ1) is 10.3. The molecule has 0 bridgehead atoms. The minimum Gasteiger partial charge on any atom is -0.374 e. The van der Waals surface area contributed by atoms with E-state index in [-0.39, 0.29) is 12.4 Å². The van der Waals surface area contributed by atoms with Gasteiger partial charge < -0.3 is 4.74 Å². The number of ketones is 1. The van der Waals surface area contributed by atoms with Gasteiger partial charge in [-0.2, -0.15) is 0 Å². The normalized spacial score (nSPS) is 10.2. The number of hydrogen-bond acceptors (Lipinski definition) is 4. The molecule has 0 aliphatic carbocycles. The van der Waals surface area contributed by atoms with Crippen molar-refractivity contribution in [2.45, 2.75) is 19.8 Å². The van der Waals surface area contributed by atoms with Crippen LogP contribution in [0.5, 0.6) is 0 Å². The summed E-state index contributed by atoms with van der Waals surface area (Å²) in [5.74, 6) is 0.123. The number of rotatable bonds is 6. The fraction of sp³-hybridized carbons (Fsp3) is 0.556. The molecule has 72 valence electrons. The Hall–Kier alpha value is -0.740. The summed E-state index contributed by atoms with van der Waals surface area (Å²) in [6, 6.07) is 0. The molecule has 1 rings (SSSR count). The molecule has 0 fully saturated rings. The van der Waals surface area contributed by atoms with E-state index in [1.807, 2.05) is 6.92 Å². The molecular formula is C9H13NO2S. The van der Waals surface area contributed by atoms with Crippen LogP contribution in [0.4, 0.5) is 0 Å². The Labute approximate surface area is 81.8 Å². The number of carbonyl (C=O) groups is 1. The molecule has 0 aromatic carbocycles. The van der Waals surface area contributed by atoms with Gasteiger partial charge in [-0.3, -0.25) is 9.78 Å². The van der Waals surface area contributed by atoms with E-state index >= 15 is 0 Å². The summed E-state index contributed by atoms with van der Waals surface area (Å²) >= 11 is 1.50. The van der Waals surface area contributed by atoms with Crippen LogP contribution in [-0.4, -0.2) is 24.0 Å². The number of Topliss-reactive ketones (excluding diaryl/α,β-unsaturated/α-hetero) is 1. The Morgan fingerprint density at radius 2 is 2.54 bits per heavy atom. The van der Waals surface area contributed by atoms with Crippen LogP contribution in [0.3, 0.4) is 0 Å². The molecule has 4 heteroatoms. The maximum absolute atomic E-state index is 11.2. The highest BCUT2D eigenvalue weighted by Crippen LogP contribution is 2.06. The zero-order valence-electron chi connectivity index (χ0n) is 7.66. The molecular weight excluding hydrogens is 186 g/mol. The van der Waals surface area contributed by atoms with Crippen molar-refractivity contribution in [1.29, 1.82) is 0 Å². The lowest BCUT2D eigenvalue weighted by Gasteiger charge is -1.99. The number of aromatic nitrogens is 1. The second kappa shape index (κ2) is 5.83. The maximum Gasteiger partial charge on any atom is 0.163 e. The Balaban J connectivity index is 2.18. The highest BCUT2D eigenvalue weighted by atomic mass is 32.1. The summed E-state index contributed by atoms with van der Waals surface area (Å²) < 4.78 is 5.13. The largest absolute Gasteiger partial charge is 0.374 e. The van der Waals surface area contributed by atoms with Gasteiger partial charge >= 0.3 is 0 Å². The van der Waals surface area contributed by atoms with Gasteiger partial charge in [0, 0.05) is 24.1 Å². The first-order valence-corrected chi connectivity index (χ1v) is 5.17. The second-order valence-corrected chi connectivity index (χ2v) is 3.71. The van der Waals surface area contributed by atoms with Gasteiger partial charge in [0.1, 0.15) is 6.61 Å². The second-order valence-electron chi connectivity index (χ2n) is 2.74. The van der Waals surface area contributed by atoms with Crippen molar-refractivity contribution >= 4 is 17.1 Å². The number of nitrogens with zero attached hydrogens (tertiary/aromatic N) is 1. The number of hydrogen-bond donors (Lipinski definition) is 0. The van der Waals surface area contributed by atoms with Crippen LogP contribution in [0, 0.1) is 0 Å². The third-order valence-electron chi connectivity index (χ3n) is 1.47. The molecule has 0 saturated heterocycles. The third kappa shape index (κ3) is 4.15. The summed E-state index contributed by atoms with van der Waals surface area (Å²) in [5.41, 5.74) is 1.73. The van der Waals surface area contributed by atoms with Crippen LogP contribution in [0.1, 0.15) is 18.2 Å². The Kier molecular flexibility index (Phi) is 4.64. The van der Waals surface area contributed by atoms with Crippen molar-refractivity contribution in [3.05, 3.63) is 16.6 Å². The highest BCUT2D eigenvalue weighted by molar-refractivity contribution is 7.09. The molecule has 0 atom stereocenters. The zero-order chi connectivity index (χ0) is 9.52. The molecule has 0 unspecified atom stereocenters. The average molecular weight is 199 g/mol. The van der Waals surface area contributed by atoms with Crippen molar-refractivity contribution in [3.8, 4) is 0 Å². The molecule has 1 aromatic heterocycles. The van der Waals surface area contributed by atoms with Gasteiger partial charge in [0.25, 0.3) is 0 Å². The fourth-order valence-corrected chi connectivity index (χ4v) is 1.53. The quantitative estimate of drug-likeness (QED) is 0.654. The minimum atomic E-state index is 0.123. The predicted octanol–water partition coefficient (Wildman–Crippen LogP) is 1.68. The van der Waals surface area contributed by atoms with Crippen molar-refractivity contribution < 1.29 is 9.53 Å². The molecule has 1 heterocycles. The lowest BCUT2D eigenvalue weighted by Crippen LogP contribution is -2.11. The average Bonchev–Trinajstić information content (AvgIpc) is 2.57. The van der Waals surface area contributed by atoms with Crippen molar-refractivity contribution in [1.82, 2.24) is 4.98 Å². The molecule has 0 aliphatic rings. The summed E-state index contributed by atoms with van der Waals surface area (Å²) in [7, 11) is 0. The lowest BCUT2D eigenvalue weighted by molar-refractivity contribution is -0.122. The number of ether oxygens (including phenoxy) is 1. The molecule has 1 aromatic rings. The molecule has 0 spiro atoms. The Bertz CT molecular complexity index is 246. The Morgan fingerprint density at radius 1 is 1.69 bits per heavy atom. The third-order valence-corrected chi connectivity index (χ3v) is 2.25. The predicted molar refractivity (Wildman–Crippen MR) is 51.9 cm³/mol. The standard InChI is InChI=1S/C9H13NO2S/c1-2-3-12-6-8(11)4-9-5-10-7-13-9/h5,7H,2-4,6H2,1H3. The van der Waals surface area contributed by atoms with Gasteiger partial charge in [0.2, 0.25) is 0 Å². The monoisotopic (exact) mass is 199 g/mol. The van der Waals surface area contributed by atoms with E-state index in [1.54, 1.807) is 11.7 Å². The Morgan fingerprint density at radius 3 is 3.15 bits per heavy atom. The smallest absolute Gasteiger partial charge is 0.163 e. The van der Waals surface area contributed by atoms with Crippen LogP contribution in [0.25, 0.3) is 0 Å².